The molecule has 2 N–H and O–H groups in total. The van der Waals surface area contributed by atoms with Gasteiger partial charge in [0.1, 0.15) is 5.60 Å². The van der Waals surface area contributed by atoms with Gasteiger partial charge in [0.2, 0.25) is 0 Å². The molecule has 0 aromatic rings. The zero-order valence-electron chi connectivity index (χ0n) is 9.66. The minimum absolute atomic E-state index is 0.590. The Hall–Kier alpha value is -0.340. The molecular formula is C12H24O2. The van der Waals surface area contributed by atoms with Crippen LogP contribution in [0, 0.1) is 0 Å². The summed E-state index contributed by atoms with van der Waals surface area (Å²) < 4.78 is 0. The third-order valence-electron chi connectivity index (χ3n) is 2.48. The normalized spacial score (nSPS) is 18.4. The molecule has 0 spiro atoms. The molecule has 0 aromatic heterocycles. The van der Waals surface area contributed by atoms with Crippen molar-refractivity contribution < 1.29 is 10.2 Å². The van der Waals surface area contributed by atoms with Crippen LogP contribution in [0.4, 0.5) is 0 Å². The van der Waals surface area contributed by atoms with E-state index in [9.17, 15) is 10.2 Å². The monoisotopic (exact) mass is 200 g/mol. The maximum atomic E-state index is 10.2. The molecule has 0 aliphatic heterocycles. The maximum Gasteiger partial charge on any atom is 0.108 e. The lowest BCUT2D eigenvalue weighted by molar-refractivity contribution is -0.0465. The first-order chi connectivity index (χ1) is 6.60. The second kappa shape index (κ2) is 7.02. The predicted molar refractivity (Wildman–Crippen MR) is 60.2 cm³/mol. The SMILES string of the molecule is CCC/C=C/C(O)(CCC)C(O)CC. The van der Waals surface area contributed by atoms with E-state index in [1.807, 2.05) is 19.9 Å². The van der Waals surface area contributed by atoms with Crippen molar-refractivity contribution in [2.24, 2.45) is 0 Å². The molecule has 84 valence electrons. The van der Waals surface area contributed by atoms with Crippen LogP contribution in [-0.4, -0.2) is 21.9 Å². The molecule has 0 saturated heterocycles. The lowest BCUT2D eigenvalue weighted by atomic mass is 9.89. The Labute approximate surface area is 87.7 Å². The van der Waals surface area contributed by atoms with Crippen LogP contribution in [-0.2, 0) is 0 Å². The van der Waals surface area contributed by atoms with E-state index in [0.717, 1.165) is 19.3 Å². The summed E-state index contributed by atoms with van der Waals surface area (Å²) in [5.74, 6) is 0. The van der Waals surface area contributed by atoms with Gasteiger partial charge in [-0.25, -0.2) is 0 Å². The standard InChI is InChI=1S/C12H24O2/c1-4-7-8-10-12(14,9-5-2)11(13)6-3/h8,10-11,13-14H,4-7,9H2,1-3H3/b10-8+. The molecule has 0 amide bonds. The van der Waals surface area contributed by atoms with Gasteiger partial charge in [-0.05, 0) is 19.3 Å². The van der Waals surface area contributed by atoms with Crippen molar-refractivity contribution in [1.29, 1.82) is 0 Å². The number of aliphatic hydroxyl groups is 2. The zero-order chi connectivity index (χ0) is 11.0. The summed E-state index contributed by atoms with van der Waals surface area (Å²) >= 11 is 0. The van der Waals surface area contributed by atoms with Gasteiger partial charge < -0.3 is 10.2 Å². The number of rotatable bonds is 7. The molecule has 0 aliphatic carbocycles. The molecule has 0 aromatic carbocycles. The third-order valence-corrected chi connectivity index (χ3v) is 2.48. The summed E-state index contributed by atoms with van der Waals surface area (Å²) in [6.07, 6.45) is 7.22. The Morgan fingerprint density at radius 1 is 1.21 bits per heavy atom. The Morgan fingerprint density at radius 2 is 1.86 bits per heavy atom. The van der Waals surface area contributed by atoms with Gasteiger partial charge in [0, 0.05) is 0 Å². The van der Waals surface area contributed by atoms with E-state index >= 15 is 0 Å². The average molecular weight is 200 g/mol. The van der Waals surface area contributed by atoms with Crippen LogP contribution >= 0.6 is 0 Å². The highest BCUT2D eigenvalue weighted by molar-refractivity contribution is 5.04. The first-order valence-corrected chi connectivity index (χ1v) is 5.68. The zero-order valence-corrected chi connectivity index (χ0v) is 9.66. The minimum atomic E-state index is -1.02. The molecule has 14 heavy (non-hydrogen) atoms. The number of hydrogen-bond donors (Lipinski definition) is 2. The number of allylic oxidation sites excluding steroid dienone is 1. The summed E-state index contributed by atoms with van der Waals surface area (Å²) in [6, 6.07) is 0. The van der Waals surface area contributed by atoms with Crippen LogP contribution in [0.2, 0.25) is 0 Å². The van der Waals surface area contributed by atoms with Gasteiger partial charge >= 0.3 is 0 Å². The molecule has 0 bridgehead atoms. The highest BCUT2D eigenvalue weighted by Gasteiger charge is 2.30. The molecule has 0 saturated carbocycles. The van der Waals surface area contributed by atoms with E-state index < -0.39 is 11.7 Å². The van der Waals surface area contributed by atoms with E-state index in [1.165, 1.54) is 0 Å². The molecule has 2 heteroatoms. The summed E-state index contributed by atoms with van der Waals surface area (Å²) in [4.78, 5) is 0. The van der Waals surface area contributed by atoms with Crippen LogP contribution < -0.4 is 0 Å². The Morgan fingerprint density at radius 3 is 2.29 bits per heavy atom. The molecule has 2 atom stereocenters. The van der Waals surface area contributed by atoms with Crippen LogP contribution in [0.15, 0.2) is 12.2 Å². The number of aliphatic hydroxyl groups excluding tert-OH is 1. The minimum Gasteiger partial charge on any atom is -0.390 e. The quantitative estimate of drug-likeness (QED) is 0.620. The van der Waals surface area contributed by atoms with Gasteiger partial charge in [0.05, 0.1) is 6.10 Å². The second-order valence-corrected chi connectivity index (χ2v) is 3.86. The Kier molecular flexibility index (Phi) is 6.85. The van der Waals surface area contributed by atoms with Crippen molar-refractivity contribution in [2.45, 2.75) is 64.6 Å². The van der Waals surface area contributed by atoms with Crippen molar-refractivity contribution >= 4 is 0 Å². The lowest BCUT2D eigenvalue weighted by Gasteiger charge is -2.29. The van der Waals surface area contributed by atoms with Crippen molar-refractivity contribution in [1.82, 2.24) is 0 Å². The largest absolute Gasteiger partial charge is 0.390 e. The van der Waals surface area contributed by atoms with Gasteiger partial charge in [-0.2, -0.15) is 0 Å². The molecule has 0 heterocycles. The Balaban J connectivity index is 4.37. The highest BCUT2D eigenvalue weighted by Crippen LogP contribution is 2.22. The first-order valence-electron chi connectivity index (χ1n) is 5.68. The van der Waals surface area contributed by atoms with Gasteiger partial charge in [0.15, 0.2) is 0 Å². The van der Waals surface area contributed by atoms with E-state index in [1.54, 1.807) is 6.08 Å². The maximum absolute atomic E-state index is 10.2. The molecular weight excluding hydrogens is 176 g/mol. The summed E-state index contributed by atoms with van der Waals surface area (Å²) in [7, 11) is 0. The van der Waals surface area contributed by atoms with Crippen LogP contribution in [0.1, 0.15) is 52.9 Å². The van der Waals surface area contributed by atoms with E-state index in [-0.39, 0.29) is 0 Å². The van der Waals surface area contributed by atoms with Crippen molar-refractivity contribution in [2.75, 3.05) is 0 Å². The fraction of sp³-hybridized carbons (Fsp3) is 0.833. The fourth-order valence-corrected chi connectivity index (χ4v) is 1.57. The Bertz CT molecular complexity index is 166. The van der Waals surface area contributed by atoms with Crippen LogP contribution in [0.25, 0.3) is 0 Å². The average Bonchev–Trinajstić information content (AvgIpc) is 2.17. The molecule has 0 radical (unpaired) electrons. The topological polar surface area (TPSA) is 40.5 Å². The molecule has 2 unspecified atom stereocenters. The summed E-state index contributed by atoms with van der Waals surface area (Å²) in [5, 5.41) is 19.9. The molecule has 2 nitrogen and oxygen atoms in total. The van der Waals surface area contributed by atoms with Crippen molar-refractivity contribution in [3.05, 3.63) is 12.2 Å². The van der Waals surface area contributed by atoms with E-state index in [0.29, 0.717) is 12.8 Å². The van der Waals surface area contributed by atoms with Crippen molar-refractivity contribution in [3.8, 4) is 0 Å². The van der Waals surface area contributed by atoms with Crippen LogP contribution in [0.5, 0.6) is 0 Å². The molecule has 0 rings (SSSR count). The highest BCUT2D eigenvalue weighted by atomic mass is 16.3. The predicted octanol–water partition coefficient (Wildman–Crippen LogP) is 2.64. The smallest absolute Gasteiger partial charge is 0.108 e. The van der Waals surface area contributed by atoms with E-state index in [2.05, 4.69) is 6.92 Å². The van der Waals surface area contributed by atoms with Crippen molar-refractivity contribution in [3.63, 3.8) is 0 Å². The van der Waals surface area contributed by atoms with Crippen LogP contribution in [0.3, 0.4) is 0 Å². The van der Waals surface area contributed by atoms with Gasteiger partial charge in [-0.1, -0.05) is 45.8 Å². The van der Waals surface area contributed by atoms with Gasteiger partial charge in [-0.3, -0.25) is 0 Å². The second-order valence-electron chi connectivity index (χ2n) is 3.86. The third kappa shape index (κ3) is 4.25. The molecule has 0 aliphatic rings. The van der Waals surface area contributed by atoms with Gasteiger partial charge in [-0.15, -0.1) is 0 Å². The fourth-order valence-electron chi connectivity index (χ4n) is 1.57. The van der Waals surface area contributed by atoms with Gasteiger partial charge in [0.25, 0.3) is 0 Å². The summed E-state index contributed by atoms with van der Waals surface area (Å²) in [6.45, 7) is 6.00. The molecule has 0 fully saturated rings. The number of hydrogen-bond acceptors (Lipinski definition) is 2. The summed E-state index contributed by atoms with van der Waals surface area (Å²) in [5.41, 5.74) is -1.02. The number of unbranched alkanes of at least 4 members (excludes halogenated alkanes) is 1. The lowest BCUT2D eigenvalue weighted by Crippen LogP contribution is -2.39. The van der Waals surface area contributed by atoms with E-state index in [4.69, 9.17) is 0 Å². The first kappa shape index (κ1) is 13.7.